The number of halogens is 1. The van der Waals surface area contributed by atoms with Gasteiger partial charge in [-0.2, -0.15) is 4.79 Å². The minimum absolute atomic E-state index is 0.143. The Hall–Kier alpha value is -2.71. The number of amides is 1. The molecule has 1 amide bonds. The predicted molar refractivity (Wildman–Crippen MR) is 106 cm³/mol. The summed E-state index contributed by atoms with van der Waals surface area (Å²) >= 11 is 3.13. The van der Waals surface area contributed by atoms with E-state index in [4.69, 9.17) is 5.53 Å². The lowest BCUT2D eigenvalue weighted by Crippen LogP contribution is -2.43. The van der Waals surface area contributed by atoms with Crippen LogP contribution < -0.4 is 5.32 Å². The maximum atomic E-state index is 12.7. The molecule has 0 radical (unpaired) electrons. The minimum Gasteiger partial charge on any atom is -0.480 e. The highest BCUT2D eigenvalue weighted by atomic mass is 79.9. The number of hydrogen-bond donors (Lipinski definition) is 2. The lowest BCUT2D eigenvalue weighted by Gasteiger charge is -2.31. The smallest absolute Gasteiger partial charge is 0.326 e. The molecule has 0 aromatic rings. The Morgan fingerprint density at radius 2 is 1.79 bits per heavy atom. The molecule has 0 aliphatic heterocycles. The molecule has 2 N–H and O–H groups in total. The molecule has 1 unspecified atom stereocenters. The fourth-order valence-corrected chi connectivity index (χ4v) is 3.55. The van der Waals surface area contributed by atoms with Crippen LogP contribution in [-0.2, 0) is 24.0 Å². The lowest BCUT2D eigenvalue weighted by atomic mass is 9.73. The molecule has 1 aliphatic carbocycles. The Balaban J connectivity index is 2.97. The fraction of sp³-hybridized carbons (Fsp3) is 0.474. The van der Waals surface area contributed by atoms with Crippen LogP contribution >= 0.6 is 15.9 Å². The third kappa shape index (κ3) is 5.88. The van der Waals surface area contributed by atoms with Crippen LogP contribution in [0, 0.1) is 5.41 Å². The van der Waals surface area contributed by atoms with Gasteiger partial charge in [-0.1, -0.05) is 13.8 Å². The van der Waals surface area contributed by atoms with Gasteiger partial charge in [-0.05, 0) is 36.2 Å². The molecule has 0 spiro atoms. The van der Waals surface area contributed by atoms with Crippen LogP contribution in [0.3, 0.4) is 0 Å². The molecule has 0 bridgehead atoms. The molecule has 0 fully saturated rings. The number of allylic oxidation sites excluding steroid dienone is 4. The van der Waals surface area contributed by atoms with Crippen molar-refractivity contribution >= 4 is 51.4 Å². The molecular weight excluding hydrogens is 446 g/mol. The number of aliphatic carboxylic acids is 1. The van der Waals surface area contributed by atoms with E-state index in [1.54, 1.807) is 13.8 Å². The summed E-state index contributed by atoms with van der Waals surface area (Å²) in [6, 6.07) is -1.33. The van der Waals surface area contributed by atoms with E-state index in [-0.39, 0.29) is 46.5 Å². The first-order valence-electron chi connectivity index (χ1n) is 8.73. The number of Topliss-reactive ketones (excluding diaryl/α,β-unsaturated/α-hetero) is 3. The number of ketones is 3. The number of carbonyl (C=O) groups is 5. The van der Waals surface area contributed by atoms with Gasteiger partial charge < -0.3 is 16.0 Å². The van der Waals surface area contributed by atoms with E-state index < -0.39 is 29.1 Å². The summed E-state index contributed by atoms with van der Waals surface area (Å²) in [6.07, 6.45) is -0.0239. The van der Waals surface area contributed by atoms with Crippen LogP contribution in [0.2, 0.25) is 0 Å². The van der Waals surface area contributed by atoms with Crippen LogP contribution in [0.1, 0.15) is 47.0 Å². The third-order valence-electron chi connectivity index (χ3n) is 4.61. The highest BCUT2D eigenvalue weighted by Gasteiger charge is 2.39. The zero-order valence-corrected chi connectivity index (χ0v) is 18.1. The zero-order chi connectivity index (χ0) is 22.5. The van der Waals surface area contributed by atoms with Gasteiger partial charge in [0.05, 0.1) is 4.48 Å². The van der Waals surface area contributed by atoms with Gasteiger partial charge in [-0.15, -0.1) is 0 Å². The van der Waals surface area contributed by atoms with Crippen molar-refractivity contribution in [3.8, 4) is 0 Å². The normalized spacial score (nSPS) is 15.8. The van der Waals surface area contributed by atoms with E-state index in [1.807, 2.05) is 0 Å². The van der Waals surface area contributed by atoms with Crippen molar-refractivity contribution in [3.63, 3.8) is 0 Å². The molecule has 0 aromatic heterocycles. The SMILES string of the molecule is CC1=C(Br)C(=O)C(C(C)(C)CC(=O)NC(CCC(=O)C=[N+]=[N-])C(=O)O)=C(C)C1=O. The van der Waals surface area contributed by atoms with Crippen molar-refractivity contribution < 1.29 is 33.9 Å². The minimum atomic E-state index is -1.33. The Morgan fingerprint density at radius 1 is 1.21 bits per heavy atom. The fourth-order valence-electron chi connectivity index (χ4n) is 3.17. The van der Waals surface area contributed by atoms with E-state index >= 15 is 0 Å². The summed E-state index contributed by atoms with van der Waals surface area (Å²) in [7, 11) is 0. The molecule has 10 heteroatoms. The molecule has 0 saturated heterocycles. The zero-order valence-electron chi connectivity index (χ0n) is 16.5. The molecule has 0 saturated carbocycles. The third-order valence-corrected chi connectivity index (χ3v) is 5.56. The summed E-state index contributed by atoms with van der Waals surface area (Å²) in [5.74, 6) is -3.25. The van der Waals surface area contributed by atoms with E-state index in [0.29, 0.717) is 11.8 Å². The molecule has 0 aromatic carbocycles. The maximum Gasteiger partial charge on any atom is 0.326 e. The summed E-state index contributed by atoms with van der Waals surface area (Å²) in [4.78, 5) is 62.8. The standard InChI is InChI=1S/C19H22BrN3O6/c1-9-14(17(27)15(20)10(2)16(9)26)19(3,4)7-13(25)23-12(18(28)29)6-5-11(24)8-22-21/h8,12H,5-7H2,1-4H3,(H,23,25)(H,28,29). The molecule has 1 aliphatic rings. The van der Waals surface area contributed by atoms with Crippen LogP contribution in [-0.4, -0.2) is 51.4 Å². The summed E-state index contributed by atoms with van der Waals surface area (Å²) < 4.78 is 0.143. The average Bonchev–Trinajstić information content (AvgIpc) is 2.61. The number of nitrogens with one attached hydrogen (secondary N) is 1. The molecule has 9 nitrogen and oxygen atoms in total. The van der Waals surface area contributed by atoms with Gasteiger partial charge in [0.2, 0.25) is 11.7 Å². The Kier molecular flexibility index (Phi) is 8.11. The molecule has 0 heterocycles. The van der Waals surface area contributed by atoms with Gasteiger partial charge in [0.15, 0.2) is 11.6 Å². The second kappa shape index (κ2) is 9.67. The summed E-state index contributed by atoms with van der Waals surface area (Å²) in [5, 5.41) is 11.6. The first-order chi connectivity index (χ1) is 13.3. The predicted octanol–water partition coefficient (Wildman–Crippen LogP) is 1.76. The second-order valence-electron chi connectivity index (χ2n) is 7.37. The van der Waals surface area contributed by atoms with Gasteiger partial charge in [0.1, 0.15) is 6.04 Å². The highest BCUT2D eigenvalue weighted by molar-refractivity contribution is 9.12. The Labute approximate surface area is 176 Å². The van der Waals surface area contributed by atoms with Crippen LogP contribution in [0.15, 0.2) is 21.2 Å². The Bertz CT molecular complexity index is 894. The molecule has 29 heavy (non-hydrogen) atoms. The van der Waals surface area contributed by atoms with Crippen molar-refractivity contribution in [1.82, 2.24) is 5.32 Å². The molecular formula is C19H22BrN3O6. The van der Waals surface area contributed by atoms with Gasteiger partial charge in [0, 0.05) is 35.0 Å². The number of carboxylic acids is 1. The highest BCUT2D eigenvalue weighted by Crippen LogP contribution is 2.40. The second-order valence-corrected chi connectivity index (χ2v) is 8.16. The number of nitrogens with zero attached hydrogens (tertiary/aromatic N) is 2. The summed E-state index contributed by atoms with van der Waals surface area (Å²) in [5.41, 5.74) is 7.99. The molecule has 1 rings (SSSR count). The first-order valence-corrected chi connectivity index (χ1v) is 9.52. The average molecular weight is 468 g/mol. The molecule has 1 atom stereocenters. The van der Waals surface area contributed by atoms with Gasteiger partial charge in [-0.25, -0.2) is 4.79 Å². The van der Waals surface area contributed by atoms with Gasteiger partial charge in [-0.3, -0.25) is 19.2 Å². The van der Waals surface area contributed by atoms with Crippen LogP contribution in [0.4, 0.5) is 0 Å². The van der Waals surface area contributed by atoms with E-state index in [0.717, 1.165) is 0 Å². The first kappa shape index (κ1) is 24.3. The van der Waals surface area contributed by atoms with Gasteiger partial charge >= 0.3 is 12.2 Å². The van der Waals surface area contributed by atoms with Gasteiger partial charge in [0.25, 0.3) is 0 Å². The maximum absolute atomic E-state index is 12.7. The number of carbonyl (C=O) groups excluding carboxylic acids is 4. The van der Waals surface area contributed by atoms with Crippen molar-refractivity contribution in [2.45, 2.75) is 53.0 Å². The van der Waals surface area contributed by atoms with E-state index in [1.165, 1.54) is 13.8 Å². The summed E-state index contributed by atoms with van der Waals surface area (Å²) in [6.45, 7) is 6.29. The van der Waals surface area contributed by atoms with Crippen molar-refractivity contribution in [2.75, 3.05) is 0 Å². The number of hydrogen-bond acceptors (Lipinski definition) is 5. The van der Waals surface area contributed by atoms with Crippen molar-refractivity contribution in [1.29, 1.82) is 0 Å². The number of rotatable bonds is 9. The van der Waals surface area contributed by atoms with E-state index in [9.17, 15) is 29.1 Å². The van der Waals surface area contributed by atoms with Crippen LogP contribution in [0.5, 0.6) is 0 Å². The quantitative estimate of drug-likeness (QED) is 0.228. The van der Waals surface area contributed by atoms with Crippen LogP contribution in [0.25, 0.3) is 5.53 Å². The molecule has 156 valence electrons. The van der Waals surface area contributed by atoms with Crippen molar-refractivity contribution in [3.05, 3.63) is 26.7 Å². The lowest BCUT2D eigenvalue weighted by molar-refractivity contribution is -0.142. The number of carboxylic acid groups (broad SMARTS) is 1. The topological polar surface area (TPSA) is 154 Å². The van der Waals surface area contributed by atoms with E-state index in [2.05, 4.69) is 26.0 Å². The monoisotopic (exact) mass is 467 g/mol. The largest absolute Gasteiger partial charge is 0.480 e. The van der Waals surface area contributed by atoms with Crippen molar-refractivity contribution in [2.24, 2.45) is 5.41 Å². The Morgan fingerprint density at radius 3 is 2.31 bits per heavy atom.